The fourth-order valence-electron chi connectivity index (χ4n) is 3.53. The van der Waals surface area contributed by atoms with Crippen molar-refractivity contribution in [1.82, 2.24) is 4.90 Å². The molecule has 0 radical (unpaired) electrons. The van der Waals surface area contributed by atoms with Gasteiger partial charge in [-0.2, -0.15) is 0 Å². The predicted molar refractivity (Wildman–Crippen MR) is 84.9 cm³/mol. The van der Waals surface area contributed by atoms with Crippen LogP contribution in [0.4, 0.5) is 0 Å². The summed E-state index contributed by atoms with van der Waals surface area (Å²) in [5.74, 6) is 2.02. The van der Waals surface area contributed by atoms with Gasteiger partial charge in [0.1, 0.15) is 5.75 Å². The van der Waals surface area contributed by atoms with Crippen molar-refractivity contribution in [3.05, 3.63) is 29.8 Å². The van der Waals surface area contributed by atoms with Crippen LogP contribution in [0.2, 0.25) is 0 Å². The maximum absolute atomic E-state index is 12.4. The number of amides is 1. The maximum atomic E-state index is 12.4. The Hall–Kier alpha value is -1.55. The number of hydrogen-bond donors (Lipinski definition) is 0. The summed E-state index contributed by atoms with van der Waals surface area (Å²) in [6, 6.07) is 8.24. The van der Waals surface area contributed by atoms with Crippen LogP contribution in [0.1, 0.15) is 24.8 Å². The van der Waals surface area contributed by atoms with Gasteiger partial charge < -0.3 is 14.4 Å². The van der Waals surface area contributed by atoms with Crippen molar-refractivity contribution in [2.75, 3.05) is 33.4 Å². The van der Waals surface area contributed by atoms with E-state index in [0.29, 0.717) is 18.4 Å². The zero-order valence-corrected chi connectivity index (χ0v) is 13.3. The van der Waals surface area contributed by atoms with Crippen molar-refractivity contribution in [1.29, 1.82) is 0 Å². The van der Waals surface area contributed by atoms with Crippen LogP contribution in [-0.2, 0) is 16.0 Å². The zero-order valence-electron chi connectivity index (χ0n) is 13.3. The van der Waals surface area contributed by atoms with E-state index in [1.165, 1.54) is 5.56 Å². The summed E-state index contributed by atoms with van der Waals surface area (Å²) in [6.45, 7) is 3.12. The number of piperidine rings is 1. The lowest BCUT2D eigenvalue weighted by atomic mass is 9.89. The van der Waals surface area contributed by atoms with Gasteiger partial charge in [-0.15, -0.1) is 0 Å². The molecular formula is C18H25NO3. The van der Waals surface area contributed by atoms with E-state index in [2.05, 4.69) is 12.1 Å². The molecule has 0 bridgehead atoms. The quantitative estimate of drug-likeness (QED) is 0.858. The van der Waals surface area contributed by atoms with Crippen molar-refractivity contribution in [3.8, 4) is 5.75 Å². The van der Waals surface area contributed by atoms with E-state index in [9.17, 15) is 4.79 Å². The smallest absolute Gasteiger partial charge is 0.228 e. The Morgan fingerprint density at radius 1 is 1.27 bits per heavy atom. The molecule has 2 aliphatic rings. The Morgan fingerprint density at radius 2 is 2.05 bits per heavy atom. The second-order valence-electron chi connectivity index (χ2n) is 6.35. The van der Waals surface area contributed by atoms with Gasteiger partial charge in [0.15, 0.2) is 0 Å². The summed E-state index contributed by atoms with van der Waals surface area (Å²) in [5, 5.41) is 0. The third-order valence-corrected chi connectivity index (χ3v) is 4.91. The molecule has 0 spiro atoms. The predicted octanol–water partition coefficient (Wildman–Crippen LogP) is 2.51. The minimum atomic E-state index is 0.103. The van der Waals surface area contributed by atoms with E-state index in [1.807, 2.05) is 17.0 Å². The lowest BCUT2D eigenvalue weighted by Gasteiger charge is -2.33. The molecule has 2 aliphatic heterocycles. The first kappa shape index (κ1) is 15.3. The highest BCUT2D eigenvalue weighted by atomic mass is 16.5. The number of rotatable bonds is 4. The molecule has 0 aliphatic carbocycles. The summed E-state index contributed by atoms with van der Waals surface area (Å²) in [4.78, 5) is 14.4. The van der Waals surface area contributed by atoms with E-state index < -0.39 is 0 Å². The van der Waals surface area contributed by atoms with Gasteiger partial charge in [-0.05, 0) is 43.2 Å². The molecule has 2 fully saturated rings. The van der Waals surface area contributed by atoms with Gasteiger partial charge in [-0.1, -0.05) is 18.2 Å². The third-order valence-electron chi connectivity index (χ3n) is 4.91. The molecule has 4 nitrogen and oxygen atoms in total. The Balaban J connectivity index is 1.52. The van der Waals surface area contributed by atoms with Crippen LogP contribution in [0.3, 0.4) is 0 Å². The number of para-hydroxylation sites is 1. The molecule has 120 valence electrons. The standard InChI is InChI=1S/C18H25NO3/c1-21-17-5-3-2-4-15(17)12-14-6-9-19(10-7-14)18(20)16-8-11-22-13-16/h2-5,14,16H,6-13H2,1H3. The number of likely N-dealkylation sites (tertiary alicyclic amines) is 1. The number of benzene rings is 1. The van der Waals surface area contributed by atoms with Crippen LogP contribution >= 0.6 is 0 Å². The van der Waals surface area contributed by atoms with E-state index in [-0.39, 0.29) is 5.92 Å². The first-order chi connectivity index (χ1) is 10.8. The lowest BCUT2D eigenvalue weighted by Crippen LogP contribution is -2.42. The summed E-state index contributed by atoms with van der Waals surface area (Å²) in [7, 11) is 1.73. The Bertz CT molecular complexity index is 503. The molecule has 1 aromatic carbocycles. The van der Waals surface area contributed by atoms with Crippen LogP contribution in [0.15, 0.2) is 24.3 Å². The van der Waals surface area contributed by atoms with Gasteiger partial charge >= 0.3 is 0 Å². The largest absolute Gasteiger partial charge is 0.496 e. The molecule has 22 heavy (non-hydrogen) atoms. The summed E-state index contributed by atoms with van der Waals surface area (Å²) in [6.07, 6.45) is 4.09. The van der Waals surface area contributed by atoms with Crippen LogP contribution in [0, 0.1) is 11.8 Å². The first-order valence-electron chi connectivity index (χ1n) is 8.26. The summed E-state index contributed by atoms with van der Waals surface area (Å²) in [5.41, 5.74) is 1.28. The molecule has 0 N–H and O–H groups in total. The van der Waals surface area contributed by atoms with Crippen molar-refractivity contribution in [2.24, 2.45) is 11.8 Å². The van der Waals surface area contributed by atoms with Crippen LogP contribution in [0.25, 0.3) is 0 Å². The average molecular weight is 303 g/mol. The topological polar surface area (TPSA) is 38.8 Å². The highest BCUT2D eigenvalue weighted by Crippen LogP contribution is 2.27. The summed E-state index contributed by atoms with van der Waals surface area (Å²) < 4.78 is 10.8. The number of hydrogen-bond acceptors (Lipinski definition) is 3. The number of nitrogens with zero attached hydrogens (tertiary/aromatic N) is 1. The van der Waals surface area contributed by atoms with E-state index >= 15 is 0 Å². The van der Waals surface area contributed by atoms with Crippen molar-refractivity contribution >= 4 is 5.91 Å². The fraction of sp³-hybridized carbons (Fsp3) is 0.611. The molecule has 2 heterocycles. The molecule has 0 saturated carbocycles. The second kappa shape index (κ2) is 7.14. The van der Waals surface area contributed by atoms with Gasteiger partial charge in [0.05, 0.1) is 19.6 Å². The molecule has 4 heteroatoms. The molecule has 1 atom stereocenters. The minimum absolute atomic E-state index is 0.103. The number of carbonyl (C=O) groups excluding carboxylic acids is 1. The Kier molecular flexibility index (Phi) is 4.98. The minimum Gasteiger partial charge on any atom is -0.496 e. The van der Waals surface area contributed by atoms with Crippen molar-refractivity contribution < 1.29 is 14.3 Å². The van der Waals surface area contributed by atoms with Crippen LogP contribution in [0.5, 0.6) is 5.75 Å². The van der Waals surface area contributed by atoms with Crippen molar-refractivity contribution in [2.45, 2.75) is 25.7 Å². The second-order valence-corrected chi connectivity index (χ2v) is 6.35. The van der Waals surface area contributed by atoms with Crippen LogP contribution in [-0.4, -0.2) is 44.2 Å². The van der Waals surface area contributed by atoms with Crippen LogP contribution < -0.4 is 4.74 Å². The third kappa shape index (κ3) is 3.43. The van der Waals surface area contributed by atoms with Gasteiger partial charge in [0, 0.05) is 19.7 Å². The molecule has 1 amide bonds. The number of carbonyl (C=O) groups is 1. The molecule has 3 rings (SSSR count). The Morgan fingerprint density at radius 3 is 2.73 bits per heavy atom. The van der Waals surface area contributed by atoms with E-state index in [1.54, 1.807) is 7.11 Å². The molecule has 1 unspecified atom stereocenters. The molecular weight excluding hydrogens is 278 g/mol. The average Bonchev–Trinajstić information content (AvgIpc) is 3.10. The normalized spacial score (nSPS) is 22.8. The zero-order chi connectivity index (χ0) is 15.4. The number of ether oxygens (including phenoxy) is 2. The SMILES string of the molecule is COc1ccccc1CC1CCN(C(=O)C2CCOC2)CC1. The molecule has 1 aromatic rings. The van der Waals surface area contributed by atoms with Gasteiger partial charge in [-0.25, -0.2) is 0 Å². The van der Waals surface area contributed by atoms with Gasteiger partial charge in [0.25, 0.3) is 0 Å². The maximum Gasteiger partial charge on any atom is 0.228 e. The highest BCUT2D eigenvalue weighted by molar-refractivity contribution is 5.79. The highest BCUT2D eigenvalue weighted by Gasteiger charge is 2.30. The molecule has 2 saturated heterocycles. The van der Waals surface area contributed by atoms with Crippen molar-refractivity contribution in [3.63, 3.8) is 0 Å². The van der Waals surface area contributed by atoms with Gasteiger partial charge in [-0.3, -0.25) is 4.79 Å². The summed E-state index contributed by atoms with van der Waals surface area (Å²) >= 11 is 0. The monoisotopic (exact) mass is 303 g/mol. The first-order valence-corrected chi connectivity index (χ1v) is 8.26. The fourth-order valence-corrected chi connectivity index (χ4v) is 3.53. The molecule has 0 aromatic heterocycles. The van der Waals surface area contributed by atoms with E-state index in [0.717, 1.165) is 51.1 Å². The number of methoxy groups -OCH3 is 1. The Labute approximate surface area is 132 Å². The lowest BCUT2D eigenvalue weighted by molar-refractivity contribution is -0.136. The van der Waals surface area contributed by atoms with E-state index in [4.69, 9.17) is 9.47 Å². The van der Waals surface area contributed by atoms with Gasteiger partial charge in [0.2, 0.25) is 5.91 Å².